The van der Waals surface area contributed by atoms with Crippen LogP contribution in [0, 0.1) is 6.92 Å². The molecule has 2 aromatic rings. The molecular formula is C14H15N3O3S. The zero-order valence-corrected chi connectivity index (χ0v) is 12.2. The van der Waals surface area contributed by atoms with E-state index in [2.05, 4.69) is 10.3 Å². The maximum absolute atomic E-state index is 11.9. The lowest BCUT2D eigenvalue weighted by Gasteiger charge is -2.06. The van der Waals surface area contributed by atoms with Crippen molar-refractivity contribution in [2.75, 3.05) is 0 Å². The molecule has 21 heavy (non-hydrogen) atoms. The summed E-state index contributed by atoms with van der Waals surface area (Å²) < 4.78 is 22.5. The minimum absolute atomic E-state index is 0.0197. The molecule has 1 heterocycles. The van der Waals surface area contributed by atoms with Crippen LogP contribution in [0.1, 0.15) is 21.6 Å². The fraction of sp³-hybridized carbons (Fsp3) is 0.143. The fourth-order valence-electron chi connectivity index (χ4n) is 1.72. The Bertz CT molecular complexity index is 755. The van der Waals surface area contributed by atoms with Crippen molar-refractivity contribution >= 4 is 15.9 Å². The molecule has 1 aromatic heterocycles. The van der Waals surface area contributed by atoms with Crippen LogP contribution in [0.15, 0.2) is 47.5 Å². The minimum Gasteiger partial charge on any atom is -0.348 e. The van der Waals surface area contributed by atoms with Crippen molar-refractivity contribution in [1.29, 1.82) is 0 Å². The van der Waals surface area contributed by atoms with E-state index in [0.29, 0.717) is 11.1 Å². The number of nitrogens with one attached hydrogen (secondary N) is 1. The van der Waals surface area contributed by atoms with Gasteiger partial charge in [-0.3, -0.25) is 9.78 Å². The number of sulfonamides is 1. The van der Waals surface area contributed by atoms with Gasteiger partial charge in [-0.1, -0.05) is 12.1 Å². The summed E-state index contributed by atoms with van der Waals surface area (Å²) in [7, 11) is -3.74. The third kappa shape index (κ3) is 4.11. The van der Waals surface area contributed by atoms with Crippen molar-refractivity contribution in [3.05, 3.63) is 59.4 Å². The second-order valence-electron chi connectivity index (χ2n) is 4.56. The number of rotatable bonds is 4. The van der Waals surface area contributed by atoms with E-state index in [4.69, 9.17) is 5.14 Å². The first-order chi connectivity index (χ1) is 9.86. The summed E-state index contributed by atoms with van der Waals surface area (Å²) in [6.45, 7) is 2.04. The van der Waals surface area contributed by atoms with Crippen molar-refractivity contribution in [3.63, 3.8) is 0 Å². The monoisotopic (exact) mass is 305 g/mol. The Kier molecular flexibility index (Phi) is 4.35. The molecule has 0 bridgehead atoms. The molecule has 0 radical (unpaired) electrons. The van der Waals surface area contributed by atoms with Gasteiger partial charge in [0.25, 0.3) is 5.91 Å². The van der Waals surface area contributed by atoms with Gasteiger partial charge in [-0.2, -0.15) is 0 Å². The van der Waals surface area contributed by atoms with E-state index in [0.717, 1.165) is 5.69 Å². The van der Waals surface area contributed by atoms with Gasteiger partial charge in [0.15, 0.2) is 0 Å². The topological polar surface area (TPSA) is 102 Å². The highest BCUT2D eigenvalue weighted by Crippen LogP contribution is 2.10. The fourth-order valence-corrected chi connectivity index (χ4v) is 2.30. The summed E-state index contributed by atoms with van der Waals surface area (Å²) in [4.78, 5) is 16.0. The minimum atomic E-state index is -3.74. The van der Waals surface area contributed by atoms with Crippen LogP contribution in [-0.2, 0) is 16.6 Å². The highest BCUT2D eigenvalue weighted by molar-refractivity contribution is 7.89. The lowest BCUT2D eigenvalue weighted by Crippen LogP contribution is -2.23. The molecule has 110 valence electrons. The number of primary sulfonamides is 1. The standard InChI is InChI=1S/C14H15N3O3S/c1-10-5-6-12(9-16-10)14(18)17-8-11-3-2-4-13(7-11)21(15,19)20/h2-7,9H,8H2,1H3,(H,17,18)(H2,15,19,20). The van der Waals surface area contributed by atoms with Crippen molar-refractivity contribution < 1.29 is 13.2 Å². The average molecular weight is 305 g/mol. The van der Waals surface area contributed by atoms with E-state index < -0.39 is 10.0 Å². The first-order valence-electron chi connectivity index (χ1n) is 6.19. The average Bonchev–Trinajstić information content (AvgIpc) is 2.45. The van der Waals surface area contributed by atoms with Crippen LogP contribution >= 0.6 is 0 Å². The molecule has 0 saturated heterocycles. The van der Waals surface area contributed by atoms with Gasteiger partial charge in [0.2, 0.25) is 10.0 Å². The molecule has 7 heteroatoms. The molecule has 2 rings (SSSR count). The van der Waals surface area contributed by atoms with Crippen LogP contribution < -0.4 is 10.5 Å². The predicted molar refractivity (Wildman–Crippen MR) is 78.0 cm³/mol. The Labute approximate surface area is 123 Å². The summed E-state index contributed by atoms with van der Waals surface area (Å²) in [5.74, 6) is -0.275. The normalized spacial score (nSPS) is 11.1. The van der Waals surface area contributed by atoms with Gasteiger partial charge in [-0.05, 0) is 36.8 Å². The number of carbonyl (C=O) groups is 1. The number of hydrogen-bond donors (Lipinski definition) is 2. The number of pyridine rings is 1. The van der Waals surface area contributed by atoms with Crippen molar-refractivity contribution in [2.24, 2.45) is 5.14 Å². The van der Waals surface area contributed by atoms with Crippen molar-refractivity contribution in [1.82, 2.24) is 10.3 Å². The summed E-state index contributed by atoms with van der Waals surface area (Å²) in [6, 6.07) is 9.56. The van der Waals surface area contributed by atoms with Gasteiger partial charge in [-0.25, -0.2) is 13.6 Å². The largest absolute Gasteiger partial charge is 0.348 e. The van der Waals surface area contributed by atoms with Gasteiger partial charge in [-0.15, -0.1) is 0 Å². The summed E-state index contributed by atoms with van der Waals surface area (Å²) in [5.41, 5.74) is 1.92. The zero-order chi connectivity index (χ0) is 15.5. The SMILES string of the molecule is Cc1ccc(C(=O)NCc2cccc(S(N)(=O)=O)c2)cn1. The number of aromatic nitrogens is 1. The van der Waals surface area contributed by atoms with Crippen LogP contribution in [0.3, 0.4) is 0 Å². The number of carbonyl (C=O) groups excluding carboxylic acids is 1. The lowest BCUT2D eigenvalue weighted by atomic mass is 10.2. The molecule has 3 N–H and O–H groups in total. The molecule has 0 aliphatic heterocycles. The van der Waals surface area contributed by atoms with Crippen molar-refractivity contribution in [2.45, 2.75) is 18.4 Å². The van der Waals surface area contributed by atoms with Crippen molar-refractivity contribution in [3.8, 4) is 0 Å². The maximum atomic E-state index is 11.9. The van der Waals surface area contributed by atoms with E-state index in [1.807, 2.05) is 6.92 Å². The maximum Gasteiger partial charge on any atom is 0.253 e. The van der Waals surface area contributed by atoms with Gasteiger partial charge in [0.05, 0.1) is 10.5 Å². The number of nitrogens with zero attached hydrogens (tertiary/aromatic N) is 1. The molecule has 0 aliphatic rings. The van der Waals surface area contributed by atoms with Gasteiger partial charge in [0, 0.05) is 18.4 Å². The molecule has 1 aromatic carbocycles. The molecule has 6 nitrogen and oxygen atoms in total. The van der Waals surface area contributed by atoms with Gasteiger partial charge < -0.3 is 5.32 Å². The third-order valence-corrected chi connectivity index (χ3v) is 3.76. The Morgan fingerprint density at radius 1 is 1.29 bits per heavy atom. The van der Waals surface area contributed by atoms with E-state index in [1.54, 1.807) is 24.3 Å². The summed E-state index contributed by atoms with van der Waals surface area (Å²) in [6.07, 6.45) is 1.49. The van der Waals surface area contributed by atoms with Crippen LogP contribution in [0.5, 0.6) is 0 Å². The van der Waals surface area contributed by atoms with E-state index >= 15 is 0 Å². The molecule has 0 fully saturated rings. The molecular weight excluding hydrogens is 290 g/mol. The smallest absolute Gasteiger partial charge is 0.253 e. The lowest BCUT2D eigenvalue weighted by molar-refractivity contribution is 0.0950. The van der Waals surface area contributed by atoms with Crippen LogP contribution in [0.2, 0.25) is 0 Å². The highest BCUT2D eigenvalue weighted by atomic mass is 32.2. The first-order valence-corrected chi connectivity index (χ1v) is 7.73. The van der Waals surface area contributed by atoms with Gasteiger partial charge in [0.1, 0.15) is 0 Å². The molecule has 0 atom stereocenters. The second-order valence-corrected chi connectivity index (χ2v) is 6.12. The number of amides is 1. The number of hydrogen-bond acceptors (Lipinski definition) is 4. The molecule has 0 aliphatic carbocycles. The first kappa shape index (κ1) is 15.1. The molecule has 0 unspecified atom stereocenters. The Balaban J connectivity index is 2.06. The quantitative estimate of drug-likeness (QED) is 0.878. The number of aryl methyl sites for hydroxylation is 1. The Morgan fingerprint density at radius 2 is 2.05 bits per heavy atom. The molecule has 0 spiro atoms. The highest BCUT2D eigenvalue weighted by Gasteiger charge is 2.09. The zero-order valence-electron chi connectivity index (χ0n) is 11.4. The Hall–Kier alpha value is -2.25. The van der Waals surface area contributed by atoms with Crippen LogP contribution in [-0.4, -0.2) is 19.3 Å². The number of benzene rings is 1. The van der Waals surface area contributed by atoms with E-state index in [-0.39, 0.29) is 17.3 Å². The number of nitrogens with two attached hydrogens (primary N) is 1. The van der Waals surface area contributed by atoms with E-state index in [9.17, 15) is 13.2 Å². The summed E-state index contributed by atoms with van der Waals surface area (Å²) in [5, 5.41) is 7.76. The third-order valence-electron chi connectivity index (χ3n) is 2.85. The Morgan fingerprint density at radius 3 is 2.67 bits per heavy atom. The molecule has 0 saturated carbocycles. The van der Waals surface area contributed by atoms with Crippen LogP contribution in [0.25, 0.3) is 0 Å². The predicted octanol–water partition coefficient (Wildman–Crippen LogP) is 0.967. The second kappa shape index (κ2) is 6.02. The van der Waals surface area contributed by atoms with E-state index in [1.165, 1.54) is 18.3 Å². The molecule has 1 amide bonds. The van der Waals surface area contributed by atoms with Crippen LogP contribution in [0.4, 0.5) is 0 Å². The van der Waals surface area contributed by atoms with Gasteiger partial charge >= 0.3 is 0 Å². The summed E-state index contributed by atoms with van der Waals surface area (Å²) >= 11 is 0.